The molecular weight excluding hydrogens is 352 g/mol. The summed E-state index contributed by atoms with van der Waals surface area (Å²) >= 11 is 0. The van der Waals surface area contributed by atoms with Gasteiger partial charge in [0, 0.05) is 44.6 Å². The third kappa shape index (κ3) is 3.77. The van der Waals surface area contributed by atoms with Crippen molar-refractivity contribution in [3.05, 3.63) is 53.9 Å². The molecule has 1 fully saturated rings. The average molecular weight is 374 g/mol. The van der Waals surface area contributed by atoms with Crippen molar-refractivity contribution in [2.24, 2.45) is 0 Å². The normalized spacial score (nSPS) is 18.5. The third-order valence-electron chi connectivity index (χ3n) is 4.39. The van der Waals surface area contributed by atoms with E-state index in [1.165, 1.54) is 17.3 Å². The van der Waals surface area contributed by atoms with Crippen LogP contribution in [0.3, 0.4) is 0 Å². The third-order valence-corrected chi connectivity index (χ3v) is 6.29. The molecule has 1 aromatic carbocycles. The highest BCUT2D eigenvalue weighted by atomic mass is 32.2. The molecule has 1 aliphatic heterocycles. The molecule has 0 saturated carbocycles. The maximum absolute atomic E-state index is 13.3. The maximum atomic E-state index is 13.3. The Balaban J connectivity index is 1.99. The van der Waals surface area contributed by atoms with E-state index in [2.05, 4.69) is 15.6 Å². The van der Waals surface area contributed by atoms with Crippen molar-refractivity contribution in [3.8, 4) is 0 Å². The minimum atomic E-state index is -3.72. The van der Waals surface area contributed by atoms with Crippen LogP contribution in [0.4, 0.5) is 5.69 Å². The molecule has 0 spiro atoms. The summed E-state index contributed by atoms with van der Waals surface area (Å²) in [4.78, 5) is 15.7. The number of hydrogen-bond acceptors (Lipinski definition) is 5. The van der Waals surface area contributed by atoms with Crippen molar-refractivity contribution in [2.45, 2.75) is 24.8 Å². The predicted molar refractivity (Wildman–Crippen MR) is 99.2 cm³/mol. The SMILES string of the molecule is CC(=O)Nc1cc(S(=O)(=O)N2CCNCC2c2cccnc2)ccc1C. The van der Waals surface area contributed by atoms with Crippen LogP contribution < -0.4 is 10.6 Å². The number of nitrogens with one attached hydrogen (secondary N) is 2. The number of piperazine rings is 1. The second kappa shape index (κ2) is 7.53. The van der Waals surface area contributed by atoms with E-state index in [0.29, 0.717) is 25.3 Å². The lowest BCUT2D eigenvalue weighted by molar-refractivity contribution is -0.114. The second-order valence-electron chi connectivity index (χ2n) is 6.28. The summed E-state index contributed by atoms with van der Waals surface area (Å²) < 4.78 is 28.1. The van der Waals surface area contributed by atoms with Gasteiger partial charge in [-0.3, -0.25) is 9.78 Å². The smallest absolute Gasteiger partial charge is 0.243 e. The molecule has 2 aromatic rings. The lowest BCUT2D eigenvalue weighted by atomic mass is 10.1. The molecule has 7 nitrogen and oxygen atoms in total. The number of hydrogen-bond donors (Lipinski definition) is 2. The number of benzene rings is 1. The van der Waals surface area contributed by atoms with Crippen molar-refractivity contribution in [1.29, 1.82) is 0 Å². The van der Waals surface area contributed by atoms with Gasteiger partial charge in [-0.2, -0.15) is 4.31 Å². The highest BCUT2D eigenvalue weighted by molar-refractivity contribution is 7.89. The van der Waals surface area contributed by atoms with Crippen molar-refractivity contribution >= 4 is 21.6 Å². The van der Waals surface area contributed by atoms with Gasteiger partial charge in [-0.05, 0) is 36.2 Å². The van der Waals surface area contributed by atoms with Gasteiger partial charge in [0.05, 0.1) is 10.9 Å². The number of pyridine rings is 1. The Labute approximate surface area is 153 Å². The van der Waals surface area contributed by atoms with Gasteiger partial charge in [-0.15, -0.1) is 0 Å². The van der Waals surface area contributed by atoms with E-state index in [9.17, 15) is 13.2 Å². The van der Waals surface area contributed by atoms with E-state index in [1.807, 2.05) is 13.0 Å². The summed E-state index contributed by atoms with van der Waals surface area (Å²) in [6.45, 7) is 4.70. The molecule has 8 heteroatoms. The van der Waals surface area contributed by atoms with Crippen LogP contribution in [0.2, 0.25) is 0 Å². The topological polar surface area (TPSA) is 91.4 Å². The molecular formula is C18H22N4O3S. The number of nitrogens with zero attached hydrogens (tertiary/aromatic N) is 2. The van der Waals surface area contributed by atoms with E-state index in [0.717, 1.165) is 11.1 Å². The number of anilines is 1. The van der Waals surface area contributed by atoms with Crippen molar-refractivity contribution in [2.75, 3.05) is 25.0 Å². The highest BCUT2D eigenvalue weighted by Crippen LogP contribution is 2.30. The molecule has 2 heterocycles. The zero-order valence-electron chi connectivity index (χ0n) is 14.8. The molecule has 138 valence electrons. The van der Waals surface area contributed by atoms with Crippen molar-refractivity contribution < 1.29 is 13.2 Å². The first-order valence-corrected chi connectivity index (χ1v) is 9.84. The van der Waals surface area contributed by atoms with E-state index in [4.69, 9.17) is 0 Å². The Hall–Kier alpha value is -2.29. The Bertz CT molecular complexity index is 900. The monoisotopic (exact) mass is 374 g/mol. The Morgan fingerprint density at radius 2 is 2.15 bits per heavy atom. The van der Waals surface area contributed by atoms with Crippen molar-refractivity contribution in [1.82, 2.24) is 14.6 Å². The number of carbonyl (C=O) groups is 1. The van der Waals surface area contributed by atoms with Crippen molar-refractivity contribution in [3.63, 3.8) is 0 Å². The Morgan fingerprint density at radius 1 is 1.35 bits per heavy atom. The van der Waals surface area contributed by atoms with Gasteiger partial charge < -0.3 is 10.6 Å². The van der Waals surface area contributed by atoms with Gasteiger partial charge in [0.1, 0.15) is 0 Å². The summed E-state index contributed by atoms with van der Waals surface area (Å²) in [7, 11) is -3.72. The van der Waals surface area contributed by atoms with Crippen LogP contribution in [0.5, 0.6) is 0 Å². The average Bonchev–Trinajstić information content (AvgIpc) is 2.64. The van der Waals surface area contributed by atoms with E-state index < -0.39 is 10.0 Å². The number of aryl methyl sites for hydroxylation is 1. The zero-order valence-corrected chi connectivity index (χ0v) is 15.6. The number of aromatic nitrogens is 1. The zero-order chi connectivity index (χ0) is 18.7. The molecule has 3 rings (SSSR count). The van der Waals surface area contributed by atoms with Crippen LogP contribution in [0.15, 0.2) is 47.6 Å². The minimum Gasteiger partial charge on any atom is -0.326 e. The number of sulfonamides is 1. The van der Waals surface area contributed by atoms with Crippen LogP contribution in [-0.4, -0.2) is 43.2 Å². The minimum absolute atomic E-state index is 0.169. The number of carbonyl (C=O) groups excluding carboxylic acids is 1. The lowest BCUT2D eigenvalue weighted by Gasteiger charge is -2.35. The summed E-state index contributed by atoms with van der Waals surface area (Å²) in [6, 6.07) is 8.17. The van der Waals surface area contributed by atoms with E-state index in [1.54, 1.807) is 30.6 Å². The number of rotatable bonds is 4. The molecule has 1 unspecified atom stereocenters. The molecule has 1 amide bonds. The molecule has 1 saturated heterocycles. The van der Waals surface area contributed by atoms with Crippen LogP contribution in [0.1, 0.15) is 24.1 Å². The van der Waals surface area contributed by atoms with E-state index >= 15 is 0 Å². The van der Waals surface area contributed by atoms with Gasteiger partial charge in [0.15, 0.2) is 0 Å². The molecule has 0 radical (unpaired) electrons. The van der Waals surface area contributed by atoms with Crippen LogP contribution >= 0.6 is 0 Å². The van der Waals surface area contributed by atoms with Gasteiger partial charge in [-0.25, -0.2) is 8.42 Å². The Kier molecular flexibility index (Phi) is 5.36. The van der Waals surface area contributed by atoms with Crippen LogP contribution in [0.25, 0.3) is 0 Å². The summed E-state index contributed by atoms with van der Waals surface area (Å²) in [6.07, 6.45) is 3.36. The molecule has 2 N–H and O–H groups in total. The number of amides is 1. The van der Waals surface area contributed by atoms with E-state index in [-0.39, 0.29) is 16.8 Å². The lowest BCUT2D eigenvalue weighted by Crippen LogP contribution is -2.48. The summed E-state index contributed by atoms with van der Waals surface area (Å²) in [5.41, 5.74) is 2.16. The predicted octanol–water partition coefficient (Wildman–Crippen LogP) is 1.68. The second-order valence-corrected chi connectivity index (χ2v) is 8.17. The van der Waals surface area contributed by atoms with Gasteiger partial charge >= 0.3 is 0 Å². The van der Waals surface area contributed by atoms with Crippen LogP contribution in [-0.2, 0) is 14.8 Å². The molecule has 1 atom stereocenters. The molecule has 0 bridgehead atoms. The van der Waals surface area contributed by atoms with Crippen LogP contribution in [0, 0.1) is 6.92 Å². The first-order chi connectivity index (χ1) is 12.4. The summed E-state index contributed by atoms with van der Waals surface area (Å²) in [5, 5.41) is 5.93. The fourth-order valence-electron chi connectivity index (χ4n) is 3.05. The molecule has 0 aliphatic carbocycles. The largest absolute Gasteiger partial charge is 0.326 e. The fraction of sp³-hybridized carbons (Fsp3) is 0.333. The molecule has 26 heavy (non-hydrogen) atoms. The molecule has 1 aromatic heterocycles. The van der Waals surface area contributed by atoms with Gasteiger partial charge in [0.25, 0.3) is 0 Å². The summed E-state index contributed by atoms with van der Waals surface area (Å²) in [5.74, 6) is -0.238. The first kappa shape index (κ1) is 18.5. The first-order valence-electron chi connectivity index (χ1n) is 8.40. The Morgan fingerprint density at radius 3 is 2.85 bits per heavy atom. The van der Waals surface area contributed by atoms with Gasteiger partial charge in [0.2, 0.25) is 15.9 Å². The maximum Gasteiger partial charge on any atom is 0.243 e. The fourth-order valence-corrected chi connectivity index (χ4v) is 4.69. The standard InChI is InChI=1S/C18H22N4O3S/c1-13-5-6-16(10-17(13)21-14(2)23)26(24,25)22-9-8-20-12-18(22)15-4-3-7-19-11-15/h3-7,10-11,18,20H,8-9,12H2,1-2H3,(H,21,23). The van der Waals surface area contributed by atoms with Gasteiger partial charge in [-0.1, -0.05) is 12.1 Å². The highest BCUT2D eigenvalue weighted by Gasteiger charge is 2.34. The quantitative estimate of drug-likeness (QED) is 0.850. The molecule has 1 aliphatic rings.